The molecule has 2 rings (SSSR count). The number of hydrogen-bond donors (Lipinski definition) is 1. The van der Waals surface area contributed by atoms with Gasteiger partial charge >= 0.3 is 0 Å². The Kier molecular flexibility index (Phi) is 5.37. The molecule has 114 valence electrons. The molecular weight excluding hydrogens is 278 g/mol. The van der Waals surface area contributed by atoms with Crippen LogP contribution in [0.3, 0.4) is 0 Å². The molecule has 0 saturated heterocycles. The van der Waals surface area contributed by atoms with Crippen LogP contribution in [0.15, 0.2) is 24.3 Å². The van der Waals surface area contributed by atoms with Crippen LogP contribution >= 0.6 is 11.3 Å². The fourth-order valence-corrected chi connectivity index (χ4v) is 3.60. The normalized spacial score (nSPS) is 12.4. The molecule has 1 atom stereocenters. The number of anilines is 2. The van der Waals surface area contributed by atoms with Crippen molar-refractivity contribution < 1.29 is 0 Å². The number of nitrogens with zero attached hydrogens (tertiary/aromatic N) is 2. The Morgan fingerprint density at radius 2 is 2.00 bits per heavy atom. The number of hydrogen-bond acceptors (Lipinski definition) is 4. The number of nitrogens with two attached hydrogens (primary N) is 1. The third-order valence-corrected chi connectivity index (χ3v) is 5.05. The first-order valence-corrected chi connectivity index (χ1v) is 8.46. The summed E-state index contributed by atoms with van der Waals surface area (Å²) in [6, 6.07) is 8.46. The maximum absolute atomic E-state index is 5.92. The van der Waals surface area contributed by atoms with Crippen LogP contribution in [-0.4, -0.2) is 11.5 Å². The second-order valence-corrected chi connectivity index (χ2v) is 6.41. The van der Waals surface area contributed by atoms with Gasteiger partial charge in [0.25, 0.3) is 0 Å². The standard InChI is InChI=1S/C17H25N3S/c1-5-12(3)16-15(11-18)21-17(19-16)20(6-2)14-10-8-7-9-13(14)4/h7-10,12H,5-6,11,18H2,1-4H3. The van der Waals surface area contributed by atoms with Crippen LogP contribution in [0.25, 0.3) is 0 Å². The average molecular weight is 303 g/mol. The highest BCUT2D eigenvalue weighted by atomic mass is 32.1. The Balaban J connectivity index is 2.44. The molecule has 0 amide bonds. The summed E-state index contributed by atoms with van der Waals surface area (Å²) in [6.45, 7) is 10.2. The minimum atomic E-state index is 0.462. The quantitative estimate of drug-likeness (QED) is 0.849. The Morgan fingerprint density at radius 1 is 1.29 bits per heavy atom. The monoisotopic (exact) mass is 303 g/mol. The van der Waals surface area contributed by atoms with Crippen LogP contribution in [-0.2, 0) is 6.54 Å². The van der Waals surface area contributed by atoms with Gasteiger partial charge in [-0.15, -0.1) is 0 Å². The van der Waals surface area contributed by atoms with E-state index < -0.39 is 0 Å². The third kappa shape index (κ3) is 3.27. The fraction of sp³-hybridized carbons (Fsp3) is 0.471. The van der Waals surface area contributed by atoms with Crippen molar-refractivity contribution in [3.63, 3.8) is 0 Å². The van der Waals surface area contributed by atoms with Gasteiger partial charge in [-0.05, 0) is 37.8 Å². The molecule has 1 aromatic carbocycles. The SMILES string of the molecule is CCC(C)c1nc(N(CC)c2ccccc2C)sc1CN. The molecule has 0 spiro atoms. The van der Waals surface area contributed by atoms with Crippen molar-refractivity contribution in [3.8, 4) is 0 Å². The van der Waals surface area contributed by atoms with E-state index in [9.17, 15) is 0 Å². The summed E-state index contributed by atoms with van der Waals surface area (Å²) < 4.78 is 0. The van der Waals surface area contributed by atoms with Gasteiger partial charge in [0, 0.05) is 23.7 Å². The number of benzene rings is 1. The summed E-state index contributed by atoms with van der Waals surface area (Å²) in [4.78, 5) is 8.40. The minimum Gasteiger partial charge on any atom is -0.326 e. The topological polar surface area (TPSA) is 42.2 Å². The minimum absolute atomic E-state index is 0.462. The molecule has 1 aromatic heterocycles. The van der Waals surface area contributed by atoms with E-state index in [0.717, 1.165) is 18.1 Å². The van der Waals surface area contributed by atoms with E-state index in [1.165, 1.54) is 21.8 Å². The molecule has 0 bridgehead atoms. The third-order valence-electron chi connectivity index (χ3n) is 3.93. The molecule has 21 heavy (non-hydrogen) atoms. The van der Waals surface area contributed by atoms with Crippen molar-refractivity contribution in [1.29, 1.82) is 0 Å². The van der Waals surface area contributed by atoms with Gasteiger partial charge in [0.1, 0.15) is 0 Å². The molecule has 0 aliphatic rings. The molecule has 3 nitrogen and oxygen atoms in total. The van der Waals surface area contributed by atoms with Gasteiger partial charge in [0.15, 0.2) is 5.13 Å². The highest BCUT2D eigenvalue weighted by molar-refractivity contribution is 7.15. The van der Waals surface area contributed by atoms with E-state index in [1.807, 2.05) is 0 Å². The molecular formula is C17H25N3S. The van der Waals surface area contributed by atoms with E-state index in [2.05, 4.69) is 56.9 Å². The van der Waals surface area contributed by atoms with Crippen LogP contribution < -0.4 is 10.6 Å². The van der Waals surface area contributed by atoms with E-state index >= 15 is 0 Å². The lowest BCUT2D eigenvalue weighted by molar-refractivity contribution is 0.703. The predicted octanol–water partition coefficient (Wildman–Crippen LogP) is 4.58. The van der Waals surface area contributed by atoms with E-state index in [4.69, 9.17) is 10.7 Å². The zero-order chi connectivity index (χ0) is 15.4. The van der Waals surface area contributed by atoms with Crippen LogP contribution in [0, 0.1) is 6.92 Å². The summed E-state index contributed by atoms with van der Waals surface area (Å²) in [5, 5.41) is 1.06. The van der Waals surface area contributed by atoms with Gasteiger partial charge in [0.05, 0.1) is 5.69 Å². The number of para-hydroxylation sites is 1. The Labute approximate surface area is 131 Å². The van der Waals surface area contributed by atoms with Gasteiger partial charge in [-0.3, -0.25) is 0 Å². The van der Waals surface area contributed by atoms with Crippen molar-refractivity contribution in [2.75, 3.05) is 11.4 Å². The highest BCUT2D eigenvalue weighted by Crippen LogP contribution is 2.36. The number of aryl methyl sites for hydroxylation is 1. The van der Waals surface area contributed by atoms with Gasteiger partial charge in [-0.25, -0.2) is 4.98 Å². The lowest BCUT2D eigenvalue weighted by Gasteiger charge is -2.22. The summed E-state index contributed by atoms with van der Waals surface area (Å²) in [5.41, 5.74) is 9.59. The molecule has 0 aliphatic heterocycles. The van der Waals surface area contributed by atoms with Gasteiger partial charge in [0.2, 0.25) is 0 Å². The van der Waals surface area contributed by atoms with Crippen molar-refractivity contribution in [2.45, 2.75) is 46.6 Å². The molecule has 1 unspecified atom stereocenters. The zero-order valence-corrected chi connectivity index (χ0v) is 14.2. The van der Waals surface area contributed by atoms with Crippen LogP contribution in [0.5, 0.6) is 0 Å². The molecule has 2 aromatic rings. The first-order valence-electron chi connectivity index (χ1n) is 7.65. The molecule has 1 heterocycles. The summed E-state index contributed by atoms with van der Waals surface area (Å²) in [6.07, 6.45) is 1.09. The van der Waals surface area contributed by atoms with E-state index in [-0.39, 0.29) is 0 Å². The van der Waals surface area contributed by atoms with Crippen molar-refractivity contribution in [3.05, 3.63) is 40.4 Å². The van der Waals surface area contributed by atoms with Crippen LogP contribution in [0.2, 0.25) is 0 Å². The van der Waals surface area contributed by atoms with Crippen molar-refractivity contribution >= 4 is 22.2 Å². The van der Waals surface area contributed by atoms with Gasteiger partial charge in [-0.1, -0.05) is 43.4 Å². The van der Waals surface area contributed by atoms with E-state index in [1.54, 1.807) is 11.3 Å². The molecule has 0 aliphatic carbocycles. The maximum Gasteiger partial charge on any atom is 0.190 e. The summed E-state index contributed by atoms with van der Waals surface area (Å²) >= 11 is 1.73. The Bertz CT molecular complexity index is 591. The first-order chi connectivity index (χ1) is 10.1. The van der Waals surface area contributed by atoms with E-state index in [0.29, 0.717) is 12.5 Å². The number of rotatable bonds is 6. The number of thiazole rings is 1. The second-order valence-electron chi connectivity index (χ2n) is 5.35. The van der Waals surface area contributed by atoms with Gasteiger partial charge < -0.3 is 10.6 Å². The van der Waals surface area contributed by atoms with Gasteiger partial charge in [-0.2, -0.15) is 0 Å². The molecule has 4 heteroatoms. The van der Waals surface area contributed by atoms with Crippen LogP contribution in [0.1, 0.15) is 49.2 Å². The molecule has 0 saturated carbocycles. The smallest absolute Gasteiger partial charge is 0.190 e. The van der Waals surface area contributed by atoms with Crippen LogP contribution in [0.4, 0.5) is 10.8 Å². The second kappa shape index (κ2) is 7.05. The number of aromatic nitrogens is 1. The summed E-state index contributed by atoms with van der Waals surface area (Å²) in [7, 11) is 0. The predicted molar refractivity (Wildman–Crippen MR) is 92.6 cm³/mol. The zero-order valence-electron chi connectivity index (χ0n) is 13.4. The Hall–Kier alpha value is -1.39. The van der Waals surface area contributed by atoms with Crippen molar-refractivity contribution in [1.82, 2.24) is 4.98 Å². The molecule has 0 fully saturated rings. The Morgan fingerprint density at radius 3 is 2.57 bits per heavy atom. The lowest BCUT2D eigenvalue weighted by atomic mass is 10.0. The fourth-order valence-electron chi connectivity index (χ4n) is 2.47. The first kappa shape index (κ1) is 16.0. The lowest BCUT2D eigenvalue weighted by Crippen LogP contribution is -2.17. The average Bonchev–Trinajstić information content (AvgIpc) is 2.93. The van der Waals surface area contributed by atoms with Crippen molar-refractivity contribution in [2.24, 2.45) is 5.73 Å². The highest BCUT2D eigenvalue weighted by Gasteiger charge is 2.19. The molecule has 0 radical (unpaired) electrons. The largest absolute Gasteiger partial charge is 0.326 e. The maximum atomic E-state index is 5.92. The molecule has 2 N–H and O–H groups in total. The summed E-state index contributed by atoms with van der Waals surface area (Å²) in [5.74, 6) is 0.462.